The van der Waals surface area contributed by atoms with E-state index in [1.807, 2.05) is 0 Å². The van der Waals surface area contributed by atoms with Crippen molar-refractivity contribution in [1.82, 2.24) is 14.9 Å². The van der Waals surface area contributed by atoms with Crippen LogP contribution in [0.4, 0.5) is 27.8 Å². The van der Waals surface area contributed by atoms with Gasteiger partial charge in [-0.2, -0.15) is 4.73 Å². The normalized spacial score (nSPS) is 18.4. The lowest BCUT2D eigenvalue weighted by atomic mass is 9.87. The fraction of sp³-hybridized carbons (Fsp3) is 0.304. The van der Waals surface area contributed by atoms with Gasteiger partial charge in [-0.15, -0.1) is 0 Å². The van der Waals surface area contributed by atoms with Crippen LogP contribution in [-0.4, -0.2) is 45.8 Å². The van der Waals surface area contributed by atoms with E-state index < -0.39 is 53.4 Å². The number of nitrogens with one attached hydrogen (secondary N) is 1. The van der Waals surface area contributed by atoms with Gasteiger partial charge in [0.25, 0.3) is 5.92 Å². The van der Waals surface area contributed by atoms with Crippen LogP contribution in [-0.2, 0) is 4.79 Å². The smallest absolute Gasteiger partial charge is 0.257 e. The molecule has 4 rings (SSSR count). The number of carbonyl (C=O) groups excluding carboxylic acids is 1. The van der Waals surface area contributed by atoms with Crippen LogP contribution in [0.15, 0.2) is 49.1 Å². The molecule has 36 heavy (non-hydrogen) atoms. The summed E-state index contributed by atoms with van der Waals surface area (Å²) in [5, 5.41) is 13.8. The van der Waals surface area contributed by atoms with Crippen LogP contribution >= 0.6 is 0 Å². The highest BCUT2D eigenvalue weighted by Crippen LogP contribution is 2.40. The van der Waals surface area contributed by atoms with E-state index in [-0.39, 0.29) is 24.8 Å². The topological polar surface area (TPSA) is 94.3 Å². The minimum Gasteiger partial charge on any atom is -0.619 e. The molecule has 190 valence electrons. The average Bonchev–Trinajstić information content (AvgIpc) is 2.84. The summed E-state index contributed by atoms with van der Waals surface area (Å²) < 4.78 is 74.8. The summed E-state index contributed by atoms with van der Waals surface area (Å²) in [5.41, 5.74) is 0.295. The van der Waals surface area contributed by atoms with Gasteiger partial charge < -0.3 is 15.3 Å². The fourth-order valence-electron chi connectivity index (χ4n) is 3.81. The lowest BCUT2D eigenvalue weighted by Crippen LogP contribution is -2.52. The number of ether oxygens (including phenoxy) is 1. The molecule has 1 saturated heterocycles. The van der Waals surface area contributed by atoms with Crippen molar-refractivity contribution in [3.8, 4) is 11.6 Å². The molecule has 13 heteroatoms. The highest BCUT2D eigenvalue weighted by Gasteiger charge is 2.46. The van der Waals surface area contributed by atoms with Gasteiger partial charge in [-0.3, -0.25) is 9.69 Å². The van der Waals surface area contributed by atoms with Crippen LogP contribution in [0.2, 0.25) is 0 Å². The Kier molecular flexibility index (Phi) is 7.02. The van der Waals surface area contributed by atoms with Crippen molar-refractivity contribution < 1.29 is 36.2 Å². The molecule has 2 aromatic heterocycles. The SMILES string of the molecule is C[C@@H](C(=O)Nc1cnc(Oc2cc(F)c(F)cc2F)cn1)N1CCC(F)(F)[C@@H](c2cc[n+]([O-])cc2)C1. The van der Waals surface area contributed by atoms with E-state index in [0.29, 0.717) is 22.4 Å². The Balaban J connectivity index is 1.39. The zero-order chi connectivity index (χ0) is 26.0. The summed E-state index contributed by atoms with van der Waals surface area (Å²) in [4.78, 5) is 22.1. The molecule has 0 radical (unpaired) electrons. The number of anilines is 1. The van der Waals surface area contributed by atoms with Gasteiger partial charge in [0.2, 0.25) is 11.8 Å². The number of amides is 1. The number of halogens is 5. The Morgan fingerprint density at radius 2 is 1.86 bits per heavy atom. The number of hydrogen-bond acceptors (Lipinski definition) is 6. The maximum absolute atomic E-state index is 14.6. The minimum atomic E-state index is -3.00. The average molecular weight is 509 g/mol. The molecule has 2 atom stereocenters. The van der Waals surface area contributed by atoms with Gasteiger partial charge >= 0.3 is 0 Å². The maximum Gasteiger partial charge on any atom is 0.257 e. The third kappa shape index (κ3) is 5.51. The molecule has 0 aliphatic carbocycles. The molecule has 0 spiro atoms. The first-order valence-corrected chi connectivity index (χ1v) is 10.8. The Bertz CT molecular complexity index is 1240. The highest BCUT2D eigenvalue weighted by atomic mass is 19.3. The number of benzene rings is 1. The van der Waals surface area contributed by atoms with E-state index >= 15 is 0 Å². The molecule has 1 aromatic carbocycles. The van der Waals surface area contributed by atoms with Gasteiger partial charge in [0.1, 0.15) is 0 Å². The van der Waals surface area contributed by atoms with Crippen molar-refractivity contribution in [2.24, 2.45) is 0 Å². The number of hydrogen-bond donors (Lipinski definition) is 1. The summed E-state index contributed by atoms with van der Waals surface area (Å²) in [6.45, 7) is 1.43. The van der Waals surface area contributed by atoms with E-state index in [2.05, 4.69) is 15.3 Å². The Hall–Kier alpha value is -3.87. The number of aromatic nitrogens is 3. The summed E-state index contributed by atoms with van der Waals surface area (Å²) in [7, 11) is 0. The van der Waals surface area contributed by atoms with Crippen molar-refractivity contribution in [2.45, 2.75) is 31.2 Å². The maximum atomic E-state index is 14.6. The quantitative estimate of drug-likeness (QED) is 0.235. The number of carbonyl (C=O) groups is 1. The second kappa shape index (κ2) is 10.0. The van der Waals surface area contributed by atoms with Crippen LogP contribution in [0.1, 0.15) is 24.8 Å². The van der Waals surface area contributed by atoms with Gasteiger partial charge in [0, 0.05) is 43.8 Å². The molecular weight excluding hydrogens is 489 g/mol. The number of nitrogens with zero attached hydrogens (tertiary/aromatic N) is 4. The minimum absolute atomic E-state index is 0.00640. The standard InChI is InChI=1S/C23H20F5N5O3/c1-13(32-7-4-23(27,28)15(12-32)14-2-5-33(35)6-3-14)22(34)31-20-10-30-21(11-29-20)36-19-9-17(25)16(24)8-18(19)26/h2-3,5-6,8-11,13,15H,4,7,12H2,1H3,(H,29,31,34)/t13-,15+/m0/s1. The largest absolute Gasteiger partial charge is 0.619 e. The van der Waals surface area contributed by atoms with Crippen molar-refractivity contribution in [2.75, 3.05) is 18.4 Å². The fourth-order valence-corrected chi connectivity index (χ4v) is 3.81. The number of piperidine rings is 1. The van der Waals surface area contributed by atoms with E-state index in [4.69, 9.17) is 4.74 Å². The Labute approximate surface area is 201 Å². The number of alkyl halides is 2. The van der Waals surface area contributed by atoms with Crippen LogP contribution < -0.4 is 14.8 Å². The molecule has 1 N–H and O–H groups in total. The molecule has 3 heterocycles. The molecule has 1 aliphatic rings. The predicted molar refractivity (Wildman–Crippen MR) is 116 cm³/mol. The van der Waals surface area contributed by atoms with E-state index in [9.17, 15) is 32.0 Å². The van der Waals surface area contributed by atoms with Gasteiger partial charge in [-0.25, -0.2) is 31.9 Å². The van der Waals surface area contributed by atoms with Crippen LogP contribution in [0.5, 0.6) is 11.6 Å². The molecule has 8 nitrogen and oxygen atoms in total. The van der Waals surface area contributed by atoms with E-state index in [1.165, 1.54) is 12.1 Å². The highest BCUT2D eigenvalue weighted by molar-refractivity contribution is 5.93. The first-order chi connectivity index (χ1) is 17.0. The van der Waals surface area contributed by atoms with Gasteiger partial charge in [-0.1, -0.05) is 0 Å². The third-order valence-corrected chi connectivity index (χ3v) is 5.89. The molecule has 1 aliphatic heterocycles. The van der Waals surface area contributed by atoms with Crippen molar-refractivity contribution in [3.05, 3.63) is 77.3 Å². The van der Waals surface area contributed by atoms with E-state index in [1.54, 1.807) is 11.8 Å². The lowest BCUT2D eigenvalue weighted by molar-refractivity contribution is -0.605. The van der Waals surface area contributed by atoms with Crippen molar-refractivity contribution in [1.29, 1.82) is 0 Å². The summed E-state index contributed by atoms with van der Waals surface area (Å²) in [6, 6.07) is 2.72. The zero-order valence-electron chi connectivity index (χ0n) is 18.8. The van der Waals surface area contributed by atoms with Gasteiger partial charge in [-0.05, 0) is 12.5 Å². The first kappa shape index (κ1) is 25.2. The van der Waals surface area contributed by atoms with Crippen LogP contribution in [0, 0.1) is 22.7 Å². The number of pyridine rings is 1. The zero-order valence-corrected chi connectivity index (χ0v) is 18.8. The Morgan fingerprint density at radius 1 is 1.17 bits per heavy atom. The molecule has 1 fully saturated rings. The molecule has 3 aromatic rings. The van der Waals surface area contributed by atoms with Crippen LogP contribution in [0.25, 0.3) is 0 Å². The van der Waals surface area contributed by atoms with Crippen LogP contribution in [0.3, 0.4) is 0 Å². The molecule has 0 unspecified atom stereocenters. The van der Waals surface area contributed by atoms with Gasteiger partial charge in [0.05, 0.1) is 24.4 Å². The molecule has 0 bridgehead atoms. The molecular formula is C23H20F5N5O3. The third-order valence-electron chi connectivity index (χ3n) is 5.89. The van der Waals surface area contributed by atoms with Crippen molar-refractivity contribution >= 4 is 11.7 Å². The first-order valence-electron chi connectivity index (χ1n) is 10.8. The number of likely N-dealkylation sites (tertiary alicyclic amines) is 1. The lowest BCUT2D eigenvalue weighted by Gasteiger charge is -2.40. The monoisotopic (exact) mass is 509 g/mol. The summed E-state index contributed by atoms with van der Waals surface area (Å²) in [5.74, 6) is -9.40. The second-order valence-electron chi connectivity index (χ2n) is 8.25. The second-order valence-corrected chi connectivity index (χ2v) is 8.25. The Morgan fingerprint density at radius 3 is 2.53 bits per heavy atom. The predicted octanol–water partition coefficient (Wildman–Crippen LogP) is 3.77. The summed E-state index contributed by atoms with van der Waals surface area (Å²) >= 11 is 0. The number of rotatable bonds is 6. The molecule has 0 saturated carbocycles. The van der Waals surface area contributed by atoms with Crippen molar-refractivity contribution in [3.63, 3.8) is 0 Å². The molecule has 1 amide bonds. The summed E-state index contributed by atoms with van der Waals surface area (Å²) in [6.07, 6.45) is 3.97. The van der Waals surface area contributed by atoms with E-state index in [0.717, 1.165) is 24.8 Å². The van der Waals surface area contributed by atoms with Gasteiger partial charge in [0.15, 0.2) is 41.4 Å².